The fourth-order valence-corrected chi connectivity index (χ4v) is 2.51. The minimum Gasteiger partial charge on any atom is -0.486 e. The van der Waals surface area contributed by atoms with Gasteiger partial charge in [0.25, 0.3) is 0 Å². The van der Waals surface area contributed by atoms with Crippen LogP contribution in [0.1, 0.15) is 5.56 Å². The van der Waals surface area contributed by atoms with E-state index >= 15 is 0 Å². The van der Waals surface area contributed by atoms with Crippen LogP contribution in [0, 0.1) is 0 Å². The molecule has 0 saturated heterocycles. The fraction of sp³-hybridized carbons (Fsp3) is 0.188. The zero-order valence-corrected chi connectivity index (χ0v) is 13.3. The highest BCUT2D eigenvalue weighted by molar-refractivity contribution is 7.80. The number of nitrogens with one attached hydrogen (secondary N) is 2. The van der Waals surface area contributed by atoms with Gasteiger partial charge in [0.1, 0.15) is 13.2 Å². The van der Waals surface area contributed by atoms with Crippen molar-refractivity contribution in [1.82, 2.24) is 5.32 Å². The van der Waals surface area contributed by atoms with Gasteiger partial charge in [-0.1, -0.05) is 29.8 Å². The van der Waals surface area contributed by atoms with Crippen molar-refractivity contribution < 1.29 is 9.47 Å². The Balaban J connectivity index is 1.59. The van der Waals surface area contributed by atoms with E-state index in [4.69, 9.17) is 33.3 Å². The van der Waals surface area contributed by atoms with Gasteiger partial charge in [-0.3, -0.25) is 0 Å². The molecule has 0 bridgehead atoms. The molecule has 22 heavy (non-hydrogen) atoms. The summed E-state index contributed by atoms with van der Waals surface area (Å²) in [5.74, 6) is 1.48. The van der Waals surface area contributed by atoms with Gasteiger partial charge < -0.3 is 20.1 Å². The van der Waals surface area contributed by atoms with E-state index < -0.39 is 0 Å². The van der Waals surface area contributed by atoms with E-state index in [1.54, 1.807) is 0 Å². The SMILES string of the molecule is S=C(NCc1ccccc1Cl)Nc1ccc2c(c1)OCCO2. The molecule has 2 N–H and O–H groups in total. The van der Waals surface area contributed by atoms with Crippen molar-refractivity contribution in [2.75, 3.05) is 18.5 Å². The van der Waals surface area contributed by atoms with Gasteiger partial charge in [0.15, 0.2) is 16.6 Å². The van der Waals surface area contributed by atoms with Crippen LogP contribution in [0.4, 0.5) is 5.69 Å². The first-order valence-electron chi connectivity index (χ1n) is 6.90. The highest BCUT2D eigenvalue weighted by atomic mass is 35.5. The predicted molar refractivity (Wildman–Crippen MR) is 91.9 cm³/mol. The third kappa shape index (κ3) is 3.61. The number of thiocarbonyl (C=S) groups is 1. The van der Waals surface area contributed by atoms with Crippen LogP contribution in [0.15, 0.2) is 42.5 Å². The van der Waals surface area contributed by atoms with Crippen molar-refractivity contribution >= 4 is 34.6 Å². The minimum absolute atomic E-state index is 0.525. The molecular formula is C16H15ClN2O2S. The zero-order chi connectivity index (χ0) is 15.4. The summed E-state index contributed by atoms with van der Waals surface area (Å²) in [6.07, 6.45) is 0. The maximum atomic E-state index is 6.11. The lowest BCUT2D eigenvalue weighted by atomic mass is 10.2. The van der Waals surface area contributed by atoms with E-state index in [0.717, 1.165) is 27.8 Å². The monoisotopic (exact) mass is 334 g/mol. The molecule has 0 fully saturated rings. The molecular weight excluding hydrogens is 320 g/mol. The van der Waals surface area contributed by atoms with Gasteiger partial charge in [-0.05, 0) is 36.0 Å². The molecule has 0 saturated carbocycles. The normalized spacial score (nSPS) is 12.6. The number of anilines is 1. The Kier molecular flexibility index (Phi) is 4.65. The Morgan fingerprint density at radius 1 is 1.09 bits per heavy atom. The predicted octanol–water partition coefficient (Wildman–Crippen LogP) is 3.60. The Morgan fingerprint density at radius 2 is 1.86 bits per heavy atom. The summed E-state index contributed by atoms with van der Waals surface area (Å²) in [7, 11) is 0. The van der Waals surface area contributed by atoms with E-state index in [9.17, 15) is 0 Å². The first-order valence-corrected chi connectivity index (χ1v) is 7.69. The van der Waals surface area contributed by atoms with Crippen LogP contribution < -0.4 is 20.1 Å². The summed E-state index contributed by atoms with van der Waals surface area (Å²) >= 11 is 11.4. The number of ether oxygens (including phenoxy) is 2. The van der Waals surface area contributed by atoms with Crippen LogP contribution in [0.5, 0.6) is 11.5 Å². The Bertz CT molecular complexity index is 694. The largest absolute Gasteiger partial charge is 0.486 e. The number of halogens is 1. The molecule has 0 aliphatic carbocycles. The number of fused-ring (bicyclic) bond motifs is 1. The van der Waals surface area contributed by atoms with E-state index in [1.807, 2.05) is 42.5 Å². The van der Waals surface area contributed by atoms with Crippen molar-refractivity contribution in [3.05, 3.63) is 53.1 Å². The number of hydrogen-bond acceptors (Lipinski definition) is 3. The second-order valence-corrected chi connectivity index (χ2v) is 5.57. The lowest BCUT2D eigenvalue weighted by molar-refractivity contribution is 0.171. The molecule has 6 heteroatoms. The summed E-state index contributed by atoms with van der Waals surface area (Å²) < 4.78 is 11.0. The lowest BCUT2D eigenvalue weighted by Crippen LogP contribution is -2.28. The summed E-state index contributed by atoms with van der Waals surface area (Å²) in [5.41, 5.74) is 1.84. The van der Waals surface area contributed by atoms with Crippen molar-refractivity contribution in [3.63, 3.8) is 0 Å². The summed E-state index contributed by atoms with van der Waals surface area (Å²) in [4.78, 5) is 0. The standard InChI is InChI=1S/C16H15ClN2O2S/c17-13-4-2-1-3-11(13)10-18-16(22)19-12-5-6-14-15(9-12)21-8-7-20-14/h1-6,9H,7-8,10H2,(H2,18,19,22). The van der Waals surface area contributed by atoms with E-state index in [1.165, 1.54) is 0 Å². The average Bonchev–Trinajstić information content (AvgIpc) is 2.54. The van der Waals surface area contributed by atoms with Gasteiger partial charge in [0, 0.05) is 23.3 Å². The second kappa shape index (κ2) is 6.85. The molecule has 3 rings (SSSR count). The van der Waals surface area contributed by atoms with E-state index in [-0.39, 0.29) is 0 Å². The van der Waals surface area contributed by atoms with Gasteiger partial charge in [-0.15, -0.1) is 0 Å². The minimum atomic E-state index is 0.525. The third-order valence-electron chi connectivity index (χ3n) is 3.20. The maximum absolute atomic E-state index is 6.11. The molecule has 2 aromatic carbocycles. The van der Waals surface area contributed by atoms with Crippen molar-refractivity contribution in [2.45, 2.75) is 6.54 Å². The Hall–Kier alpha value is -1.98. The molecule has 1 aliphatic heterocycles. The smallest absolute Gasteiger partial charge is 0.171 e. The molecule has 0 spiro atoms. The van der Waals surface area contributed by atoms with Crippen molar-refractivity contribution in [3.8, 4) is 11.5 Å². The second-order valence-electron chi connectivity index (χ2n) is 4.76. The Morgan fingerprint density at radius 3 is 2.68 bits per heavy atom. The topological polar surface area (TPSA) is 42.5 Å². The van der Waals surface area contributed by atoms with Crippen molar-refractivity contribution in [2.24, 2.45) is 0 Å². The molecule has 0 atom stereocenters. The summed E-state index contributed by atoms with van der Waals surface area (Å²) in [5, 5.41) is 7.50. The number of benzene rings is 2. The van der Waals surface area contributed by atoms with Crippen LogP contribution >= 0.6 is 23.8 Å². The first kappa shape index (κ1) is 14.9. The molecule has 0 amide bonds. The van der Waals surface area contributed by atoms with Crippen LogP contribution in [-0.4, -0.2) is 18.3 Å². The molecule has 0 unspecified atom stereocenters. The maximum Gasteiger partial charge on any atom is 0.171 e. The molecule has 1 aliphatic rings. The molecule has 0 aromatic heterocycles. The quantitative estimate of drug-likeness (QED) is 0.840. The van der Waals surface area contributed by atoms with Gasteiger partial charge in [-0.2, -0.15) is 0 Å². The number of hydrogen-bond donors (Lipinski definition) is 2. The highest BCUT2D eigenvalue weighted by Gasteiger charge is 2.12. The third-order valence-corrected chi connectivity index (χ3v) is 3.81. The molecule has 1 heterocycles. The van der Waals surface area contributed by atoms with Crippen LogP contribution in [0.3, 0.4) is 0 Å². The lowest BCUT2D eigenvalue weighted by Gasteiger charge is -2.19. The van der Waals surface area contributed by atoms with Gasteiger partial charge in [-0.25, -0.2) is 0 Å². The summed E-state index contributed by atoms with van der Waals surface area (Å²) in [6.45, 7) is 1.71. The molecule has 4 nitrogen and oxygen atoms in total. The van der Waals surface area contributed by atoms with Crippen molar-refractivity contribution in [1.29, 1.82) is 0 Å². The van der Waals surface area contributed by atoms with Crippen LogP contribution in [0.25, 0.3) is 0 Å². The van der Waals surface area contributed by atoms with E-state index in [2.05, 4.69) is 10.6 Å². The fourth-order valence-electron chi connectivity index (χ4n) is 2.11. The molecule has 2 aromatic rings. The van der Waals surface area contributed by atoms with Gasteiger partial charge in [0.2, 0.25) is 0 Å². The molecule has 0 radical (unpaired) electrons. The average molecular weight is 335 g/mol. The summed E-state index contributed by atoms with van der Waals surface area (Å²) in [6, 6.07) is 13.3. The highest BCUT2D eigenvalue weighted by Crippen LogP contribution is 2.32. The van der Waals surface area contributed by atoms with E-state index in [0.29, 0.717) is 24.9 Å². The Labute approximate surface area is 139 Å². The van der Waals surface area contributed by atoms with Gasteiger partial charge in [0.05, 0.1) is 0 Å². The number of rotatable bonds is 3. The molecule has 114 valence electrons. The van der Waals surface area contributed by atoms with Crippen LogP contribution in [-0.2, 0) is 6.54 Å². The van der Waals surface area contributed by atoms with Crippen LogP contribution in [0.2, 0.25) is 5.02 Å². The first-order chi connectivity index (χ1) is 10.7. The zero-order valence-electron chi connectivity index (χ0n) is 11.8. The van der Waals surface area contributed by atoms with Gasteiger partial charge >= 0.3 is 0 Å².